The first-order valence-corrected chi connectivity index (χ1v) is 7.03. The Labute approximate surface area is 118 Å². The molecule has 0 spiro atoms. The molecule has 1 saturated carbocycles. The van der Waals surface area contributed by atoms with Crippen molar-refractivity contribution >= 4 is 11.5 Å². The molecule has 0 aliphatic heterocycles. The van der Waals surface area contributed by atoms with E-state index >= 15 is 0 Å². The van der Waals surface area contributed by atoms with Crippen molar-refractivity contribution < 1.29 is 14.3 Å². The molecule has 0 unspecified atom stereocenters. The highest BCUT2D eigenvalue weighted by atomic mass is 16.5. The van der Waals surface area contributed by atoms with E-state index in [-0.39, 0.29) is 17.1 Å². The lowest BCUT2D eigenvalue weighted by molar-refractivity contribution is -0.120. The zero-order valence-electron chi connectivity index (χ0n) is 11.8. The van der Waals surface area contributed by atoms with Crippen LogP contribution in [0.2, 0.25) is 0 Å². The van der Waals surface area contributed by atoms with E-state index in [2.05, 4.69) is 17.8 Å². The number of hydrogen-bond donors (Lipinski definition) is 0. The van der Waals surface area contributed by atoms with E-state index < -0.39 is 0 Å². The van der Waals surface area contributed by atoms with Gasteiger partial charge in [0.05, 0.1) is 13.0 Å². The van der Waals surface area contributed by atoms with Crippen molar-refractivity contribution in [3.63, 3.8) is 0 Å². The highest BCUT2D eigenvalue weighted by Gasteiger charge is 2.52. The molecule has 0 radical (unpaired) electrons. The number of ketones is 1. The number of benzene rings is 1. The van der Waals surface area contributed by atoms with Crippen molar-refractivity contribution in [2.24, 2.45) is 5.92 Å². The van der Waals surface area contributed by atoms with Crippen LogP contribution in [0.4, 0.5) is 0 Å². The van der Waals surface area contributed by atoms with E-state index in [1.165, 1.54) is 11.1 Å². The van der Waals surface area contributed by atoms with E-state index in [1.807, 2.05) is 12.1 Å². The zero-order chi connectivity index (χ0) is 14.3. The molecule has 0 amide bonds. The van der Waals surface area contributed by atoms with Gasteiger partial charge in [-0.2, -0.15) is 4.79 Å². The summed E-state index contributed by atoms with van der Waals surface area (Å²) in [7, 11) is 1.69. The van der Waals surface area contributed by atoms with Gasteiger partial charge in [-0.15, -0.1) is 0 Å². The molecule has 1 fully saturated rings. The van der Waals surface area contributed by atoms with Gasteiger partial charge >= 0.3 is 5.71 Å². The number of carbonyl (C=O) groups excluding carboxylic acids is 1. The Balaban J connectivity index is 2.17. The van der Waals surface area contributed by atoms with E-state index in [0.29, 0.717) is 12.1 Å². The molecular weight excluding hydrogens is 252 g/mol. The van der Waals surface area contributed by atoms with Gasteiger partial charge in [-0.1, -0.05) is 19.1 Å². The van der Waals surface area contributed by atoms with Crippen molar-refractivity contribution in [2.45, 2.75) is 38.0 Å². The predicted molar refractivity (Wildman–Crippen MR) is 75.0 cm³/mol. The van der Waals surface area contributed by atoms with Crippen LogP contribution in [-0.4, -0.2) is 23.4 Å². The minimum Gasteiger partial charge on any atom is -0.496 e. The summed E-state index contributed by atoms with van der Waals surface area (Å²) in [5.74, 6) is 0.913. The molecule has 0 heterocycles. The number of carbonyl (C=O) groups is 1. The second kappa shape index (κ2) is 4.57. The van der Waals surface area contributed by atoms with E-state index in [9.17, 15) is 10.3 Å². The normalized spacial score (nSPS) is 28.4. The molecule has 0 bridgehead atoms. The molecule has 0 N–H and O–H groups in total. The van der Waals surface area contributed by atoms with Gasteiger partial charge in [-0.05, 0) is 36.5 Å². The second-order valence-corrected chi connectivity index (χ2v) is 5.90. The quantitative estimate of drug-likeness (QED) is 0.581. The number of ether oxygens (including phenoxy) is 1. The SMILES string of the molecule is COc1cccc2c1CC[C@@H]1C(=[N+]=[N-])C(=O)CC[C@@]21C. The highest BCUT2D eigenvalue weighted by molar-refractivity contribution is 6.39. The fourth-order valence-electron chi connectivity index (χ4n) is 3.91. The van der Waals surface area contributed by atoms with Gasteiger partial charge in [0.1, 0.15) is 5.75 Å². The maximum atomic E-state index is 11.9. The summed E-state index contributed by atoms with van der Waals surface area (Å²) in [5.41, 5.74) is 11.9. The van der Waals surface area contributed by atoms with Crippen molar-refractivity contribution in [1.82, 2.24) is 0 Å². The summed E-state index contributed by atoms with van der Waals surface area (Å²) >= 11 is 0. The highest BCUT2D eigenvalue weighted by Crippen LogP contribution is 2.49. The Morgan fingerprint density at radius 2 is 2.20 bits per heavy atom. The molecule has 20 heavy (non-hydrogen) atoms. The molecule has 0 saturated heterocycles. The monoisotopic (exact) mass is 270 g/mol. The lowest BCUT2D eigenvalue weighted by Crippen LogP contribution is -2.48. The van der Waals surface area contributed by atoms with E-state index in [4.69, 9.17) is 4.74 Å². The summed E-state index contributed by atoms with van der Waals surface area (Å²) in [5, 5.41) is 0. The number of rotatable bonds is 1. The minimum absolute atomic E-state index is 0.00774. The van der Waals surface area contributed by atoms with Crippen LogP contribution < -0.4 is 4.74 Å². The summed E-state index contributed by atoms with van der Waals surface area (Å²) in [6.45, 7) is 2.17. The Bertz CT molecular complexity index is 631. The summed E-state index contributed by atoms with van der Waals surface area (Å²) < 4.78 is 5.47. The Hall–Kier alpha value is -1.93. The van der Waals surface area contributed by atoms with Crippen LogP contribution in [0, 0.1) is 5.92 Å². The number of fused-ring (bicyclic) bond motifs is 3. The third kappa shape index (κ3) is 1.65. The van der Waals surface area contributed by atoms with Gasteiger partial charge in [0, 0.05) is 11.8 Å². The maximum Gasteiger partial charge on any atom is 0.338 e. The third-order valence-electron chi connectivity index (χ3n) is 5.02. The first-order valence-electron chi connectivity index (χ1n) is 7.03. The first-order chi connectivity index (χ1) is 9.61. The van der Waals surface area contributed by atoms with Crippen LogP contribution in [0.5, 0.6) is 5.75 Å². The number of Topliss-reactive ketones (excluding diaryl/α,β-unsaturated/α-hetero) is 1. The lowest BCUT2D eigenvalue weighted by Gasteiger charge is -2.43. The fraction of sp³-hybridized carbons (Fsp3) is 0.500. The molecule has 4 nitrogen and oxygen atoms in total. The number of hydrogen-bond acceptors (Lipinski definition) is 2. The largest absolute Gasteiger partial charge is 0.496 e. The third-order valence-corrected chi connectivity index (χ3v) is 5.02. The van der Waals surface area contributed by atoms with Crippen molar-refractivity contribution in [3.8, 4) is 5.75 Å². The standard InChI is InChI=1S/C16H18N2O2/c1-16-9-8-13(19)15(18-17)12(16)7-6-10-11(16)4-3-5-14(10)20-2/h3-5,12H,6-9H2,1-2H3/t12-,16+/m1/s1. The molecule has 0 aromatic heterocycles. The van der Waals surface area contributed by atoms with Gasteiger partial charge in [0.25, 0.3) is 0 Å². The molecular formula is C16H18N2O2. The smallest absolute Gasteiger partial charge is 0.338 e. The predicted octanol–water partition coefficient (Wildman–Crippen LogP) is 2.55. The van der Waals surface area contributed by atoms with Crippen LogP contribution >= 0.6 is 0 Å². The van der Waals surface area contributed by atoms with Crippen LogP contribution in [0.15, 0.2) is 18.2 Å². The zero-order valence-corrected chi connectivity index (χ0v) is 11.8. The van der Waals surface area contributed by atoms with Crippen LogP contribution in [0.3, 0.4) is 0 Å². The first kappa shape index (κ1) is 13.1. The molecule has 2 aliphatic carbocycles. The summed E-state index contributed by atoms with van der Waals surface area (Å²) in [6, 6.07) is 6.10. The average Bonchev–Trinajstić information content (AvgIpc) is 2.47. The topological polar surface area (TPSA) is 62.7 Å². The van der Waals surface area contributed by atoms with Crippen LogP contribution in [0.1, 0.15) is 37.3 Å². The Morgan fingerprint density at radius 1 is 1.40 bits per heavy atom. The van der Waals surface area contributed by atoms with Gasteiger partial charge in [-0.3, -0.25) is 4.79 Å². The van der Waals surface area contributed by atoms with Crippen molar-refractivity contribution in [2.75, 3.05) is 7.11 Å². The number of methoxy groups -OCH3 is 1. The van der Waals surface area contributed by atoms with Crippen LogP contribution in [-0.2, 0) is 16.6 Å². The van der Waals surface area contributed by atoms with E-state index in [0.717, 1.165) is 25.0 Å². The molecule has 4 heteroatoms. The average molecular weight is 270 g/mol. The fourth-order valence-corrected chi connectivity index (χ4v) is 3.91. The summed E-state index contributed by atoms with van der Waals surface area (Å²) in [6.07, 6.45) is 2.93. The molecule has 2 aliphatic rings. The molecule has 1 aromatic carbocycles. The van der Waals surface area contributed by atoms with Crippen LogP contribution in [0.25, 0.3) is 5.53 Å². The van der Waals surface area contributed by atoms with Gasteiger partial charge < -0.3 is 10.3 Å². The minimum atomic E-state index is -0.141. The van der Waals surface area contributed by atoms with Crippen molar-refractivity contribution in [3.05, 3.63) is 34.9 Å². The molecule has 3 rings (SSSR count). The van der Waals surface area contributed by atoms with E-state index in [1.54, 1.807) is 7.11 Å². The summed E-state index contributed by atoms with van der Waals surface area (Å²) in [4.78, 5) is 15.3. The number of nitrogens with zero attached hydrogens (tertiary/aromatic N) is 2. The van der Waals surface area contributed by atoms with Gasteiger partial charge in [0.15, 0.2) is 0 Å². The Morgan fingerprint density at radius 3 is 2.90 bits per heavy atom. The molecule has 2 atom stereocenters. The molecule has 1 aromatic rings. The van der Waals surface area contributed by atoms with Crippen molar-refractivity contribution in [1.29, 1.82) is 0 Å². The molecule has 104 valence electrons. The maximum absolute atomic E-state index is 11.9. The van der Waals surface area contributed by atoms with Gasteiger partial charge in [0.2, 0.25) is 5.78 Å². The second-order valence-electron chi connectivity index (χ2n) is 5.90. The van der Waals surface area contributed by atoms with Gasteiger partial charge in [-0.25, -0.2) is 0 Å². The lowest BCUT2D eigenvalue weighted by atomic mass is 9.57. The Kier molecular flexibility index (Phi) is 2.98.